The van der Waals surface area contributed by atoms with E-state index in [1.807, 2.05) is 42.3 Å². The normalized spacial score (nSPS) is 21.8. The average molecular weight is 390 g/mol. The molecule has 0 spiro atoms. The third-order valence-electron chi connectivity index (χ3n) is 5.98. The standard InChI is InChI=1S/C21H35N5O2/c1-21(2,3)26-13-16(11-19(26)27)20(28)25-9-7-15(8-10-25)18-12-17(14-23(4)5)24(6)22-18/h12,15-16H,7-11,13-14H2,1-6H3/t16-/m1/s1. The van der Waals surface area contributed by atoms with Crippen LogP contribution in [0.3, 0.4) is 0 Å². The zero-order valence-corrected chi connectivity index (χ0v) is 18.2. The van der Waals surface area contributed by atoms with Crippen LogP contribution in [0, 0.1) is 5.92 Å². The second-order valence-electron chi connectivity index (χ2n) is 9.60. The van der Waals surface area contributed by atoms with Crippen LogP contribution in [0.5, 0.6) is 0 Å². The molecule has 2 aliphatic rings. The highest BCUT2D eigenvalue weighted by Gasteiger charge is 2.41. The molecular weight excluding hydrogens is 354 g/mol. The molecule has 2 aliphatic heterocycles. The van der Waals surface area contributed by atoms with Crippen LogP contribution in [0.1, 0.15) is 57.3 Å². The van der Waals surface area contributed by atoms with Crippen molar-refractivity contribution in [1.82, 2.24) is 24.5 Å². The third-order valence-corrected chi connectivity index (χ3v) is 5.98. The van der Waals surface area contributed by atoms with E-state index in [1.54, 1.807) is 0 Å². The molecule has 2 fully saturated rings. The zero-order chi connectivity index (χ0) is 20.6. The summed E-state index contributed by atoms with van der Waals surface area (Å²) in [5.74, 6) is 0.461. The molecule has 1 aromatic rings. The SMILES string of the molecule is CN(C)Cc1cc(C2CCN(C(=O)[C@@H]3CC(=O)N(C(C)(C)C)C3)CC2)nn1C. The van der Waals surface area contributed by atoms with Crippen LogP contribution in [0.2, 0.25) is 0 Å². The van der Waals surface area contributed by atoms with Gasteiger partial charge in [0.2, 0.25) is 11.8 Å². The fourth-order valence-electron chi connectivity index (χ4n) is 4.38. The molecule has 156 valence electrons. The molecule has 0 radical (unpaired) electrons. The summed E-state index contributed by atoms with van der Waals surface area (Å²) in [5.41, 5.74) is 2.13. The first-order chi connectivity index (χ1) is 13.1. The molecule has 2 saturated heterocycles. The summed E-state index contributed by atoms with van der Waals surface area (Å²) in [6.07, 6.45) is 2.23. The lowest BCUT2D eigenvalue weighted by Gasteiger charge is -2.34. The van der Waals surface area contributed by atoms with E-state index >= 15 is 0 Å². The molecule has 2 amide bonds. The van der Waals surface area contributed by atoms with E-state index in [2.05, 4.69) is 25.1 Å². The lowest BCUT2D eigenvalue weighted by atomic mass is 9.92. The third kappa shape index (κ3) is 4.40. The number of likely N-dealkylation sites (tertiary alicyclic amines) is 2. The number of nitrogens with zero attached hydrogens (tertiary/aromatic N) is 5. The Hall–Kier alpha value is -1.89. The molecule has 7 nitrogen and oxygen atoms in total. The van der Waals surface area contributed by atoms with Gasteiger partial charge in [0.05, 0.1) is 17.3 Å². The average Bonchev–Trinajstić information content (AvgIpc) is 3.17. The van der Waals surface area contributed by atoms with Crippen molar-refractivity contribution < 1.29 is 9.59 Å². The van der Waals surface area contributed by atoms with Crippen LogP contribution in [0.15, 0.2) is 6.07 Å². The Balaban J connectivity index is 1.57. The summed E-state index contributed by atoms with van der Waals surface area (Å²) in [4.78, 5) is 31.2. The fraction of sp³-hybridized carbons (Fsp3) is 0.762. The zero-order valence-electron chi connectivity index (χ0n) is 18.2. The van der Waals surface area contributed by atoms with Gasteiger partial charge in [-0.2, -0.15) is 5.10 Å². The first kappa shape index (κ1) is 20.8. The molecule has 0 unspecified atom stereocenters. The topological polar surface area (TPSA) is 61.7 Å². The predicted molar refractivity (Wildman–Crippen MR) is 109 cm³/mol. The highest BCUT2D eigenvalue weighted by Crippen LogP contribution is 2.31. The van der Waals surface area contributed by atoms with Crippen LogP contribution in [-0.4, -0.2) is 75.6 Å². The van der Waals surface area contributed by atoms with Crippen molar-refractivity contribution >= 4 is 11.8 Å². The molecule has 0 N–H and O–H groups in total. The molecule has 28 heavy (non-hydrogen) atoms. The smallest absolute Gasteiger partial charge is 0.227 e. The van der Waals surface area contributed by atoms with Crippen molar-refractivity contribution in [2.24, 2.45) is 13.0 Å². The van der Waals surface area contributed by atoms with E-state index in [-0.39, 0.29) is 23.3 Å². The van der Waals surface area contributed by atoms with E-state index in [4.69, 9.17) is 5.10 Å². The van der Waals surface area contributed by atoms with Crippen LogP contribution in [0.25, 0.3) is 0 Å². The molecule has 3 heterocycles. The maximum absolute atomic E-state index is 13.0. The van der Waals surface area contributed by atoms with Gasteiger partial charge in [0, 0.05) is 51.1 Å². The quantitative estimate of drug-likeness (QED) is 0.788. The van der Waals surface area contributed by atoms with Gasteiger partial charge in [-0.15, -0.1) is 0 Å². The van der Waals surface area contributed by atoms with Crippen molar-refractivity contribution in [2.75, 3.05) is 33.7 Å². The molecular formula is C21H35N5O2. The van der Waals surface area contributed by atoms with E-state index in [1.165, 1.54) is 5.69 Å². The maximum Gasteiger partial charge on any atom is 0.227 e. The van der Waals surface area contributed by atoms with Crippen LogP contribution >= 0.6 is 0 Å². The molecule has 3 rings (SSSR count). The highest BCUT2D eigenvalue weighted by molar-refractivity contribution is 5.89. The minimum atomic E-state index is -0.220. The van der Waals surface area contributed by atoms with Crippen LogP contribution in [0.4, 0.5) is 0 Å². The van der Waals surface area contributed by atoms with Gasteiger partial charge in [-0.05, 0) is 53.8 Å². The van der Waals surface area contributed by atoms with E-state index in [0.29, 0.717) is 18.9 Å². The van der Waals surface area contributed by atoms with E-state index < -0.39 is 0 Å². The number of carbonyl (C=O) groups is 2. The van der Waals surface area contributed by atoms with Gasteiger partial charge >= 0.3 is 0 Å². The lowest BCUT2D eigenvalue weighted by molar-refractivity contribution is -0.136. The first-order valence-electron chi connectivity index (χ1n) is 10.3. The second kappa shape index (κ2) is 7.85. The second-order valence-corrected chi connectivity index (χ2v) is 9.60. The number of aromatic nitrogens is 2. The molecule has 0 bridgehead atoms. The molecule has 7 heteroatoms. The van der Waals surface area contributed by atoms with Crippen molar-refractivity contribution in [3.63, 3.8) is 0 Å². The van der Waals surface area contributed by atoms with Crippen molar-refractivity contribution in [3.05, 3.63) is 17.5 Å². The minimum absolute atomic E-state index is 0.0997. The van der Waals surface area contributed by atoms with Crippen LogP contribution < -0.4 is 0 Å². The largest absolute Gasteiger partial charge is 0.342 e. The highest BCUT2D eigenvalue weighted by atomic mass is 16.2. The van der Waals surface area contributed by atoms with E-state index in [9.17, 15) is 9.59 Å². The Bertz CT molecular complexity index is 726. The number of rotatable bonds is 4. The number of carbonyl (C=O) groups excluding carboxylic acids is 2. The Labute approximate surface area is 168 Å². The van der Waals surface area contributed by atoms with E-state index in [0.717, 1.165) is 38.2 Å². The van der Waals surface area contributed by atoms with Crippen molar-refractivity contribution in [2.45, 2.75) is 58.0 Å². The Morgan fingerprint density at radius 1 is 1.25 bits per heavy atom. The summed E-state index contributed by atoms with van der Waals surface area (Å²) >= 11 is 0. The lowest BCUT2D eigenvalue weighted by Crippen LogP contribution is -2.45. The number of aryl methyl sites for hydroxylation is 1. The van der Waals surface area contributed by atoms with Crippen molar-refractivity contribution in [3.8, 4) is 0 Å². The molecule has 1 aromatic heterocycles. The summed E-state index contributed by atoms with van der Waals surface area (Å²) in [6, 6.07) is 2.21. The maximum atomic E-state index is 13.0. The Morgan fingerprint density at radius 2 is 1.89 bits per heavy atom. The van der Waals surface area contributed by atoms with Crippen molar-refractivity contribution in [1.29, 1.82) is 0 Å². The van der Waals surface area contributed by atoms with Gasteiger partial charge in [-0.25, -0.2) is 0 Å². The molecule has 0 saturated carbocycles. The molecule has 0 aromatic carbocycles. The number of piperidine rings is 1. The van der Waals surface area contributed by atoms with Gasteiger partial charge < -0.3 is 14.7 Å². The van der Waals surface area contributed by atoms with Crippen LogP contribution in [-0.2, 0) is 23.2 Å². The minimum Gasteiger partial charge on any atom is -0.342 e. The summed E-state index contributed by atoms with van der Waals surface area (Å²) < 4.78 is 1.97. The summed E-state index contributed by atoms with van der Waals surface area (Å²) in [5, 5.41) is 4.72. The Kier molecular flexibility index (Phi) is 5.84. The fourth-order valence-corrected chi connectivity index (χ4v) is 4.38. The van der Waals surface area contributed by atoms with Gasteiger partial charge in [0.1, 0.15) is 0 Å². The first-order valence-corrected chi connectivity index (χ1v) is 10.3. The van der Waals surface area contributed by atoms with Gasteiger partial charge in [-0.1, -0.05) is 0 Å². The predicted octanol–water partition coefficient (Wildman–Crippen LogP) is 1.83. The Morgan fingerprint density at radius 3 is 2.43 bits per heavy atom. The number of amides is 2. The number of hydrogen-bond acceptors (Lipinski definition) is 4. The number of hydrogen-bond donors (Lipinski definition) is 0. The monoisotopic (exact) mass is 389 g/mol. The van der Waals surface area contributed by atoms with Gasteiger partial charge in [0.25, 0.3) is 0 Å². The summed E-state index contributed by atoms with van der Waals surface area (Å²) in [7, 11) is 6.12. The molecule has 1 atom stereocenters. The molecule has 0 aliphatic carbocycles. The van der Waals surface area contributed by atoms with Gasteiger partial charge in [0.15, 0.2) is 0 Å². The van der Waals surface area contributed by atoms with Gasteiger partial charge in [-0.3, -0.25) is 14.3 Å². The summed E-state index contributed by atoms with van der Waals surface area (Å²) in [6.45, 7) is 9.02.